The molecule has 1 nitrogen and oxygen atoms in total. The highest BCUT2D eigenvalue weighted by Crippen LogP contribution is 2.25. The molecule has 2 heteroatoms. The Labute approximate surface area is 78.0 Å². The lowest BCUT2D eigenvalue weighted by Crippen LogP contribution is -2.35. The molecule has 0 fully saturated rings. The van der Waals surface area contributed by atoms with Crippen LogP contribution < -0.4 is 5.32 Å². The molecule has 1 N–H and O–H groups in total. The molecule has 2 atom stereocenters. The summed E-state index contributed by atoms with van der Waals surface area (Å²) in [5.74, 6) is -0.125. The van der Waals surface area contributed by atoms with E-state index >= 15 is 0 Å². The number of benzene rings is 1. The molecule has 0 radical (unpaired) electrons. The molecular weight excluding hydrogens is 165 g/mol. The SMILES string of the molecule is CC1Cc2cc(F)ccc2C(C)N1. The van der Waals surface area contributed by atoms with E-state index in [-0.39, 0.29) is 5.82 Å². The van der Waals surface area contributed by atoms with Gasteiger partial charge in [-0.2, -0.15) is 0 Å². The molecule has 1 aromatic rings. The van der Waals surface area contributed by atoms with Crippen LogP contribution in [0.15, 0.2) is 18.2 Å². The zero-order chi connectivity index (χ0) is 9.42. The molecular formula is C11H14FN. The summed E-state index contributed by atoms with van der Waals surface area (Å²) in [5.41, 5.74) is 2.39. The van der Waals surface area contributed by atoms with Crippen LogP contribution in [0.5, 0.6) is 0 Å². The first-order chi connectivity index (χ1) is 6.16. The summed E-state index contributed by atoms with van der Waals surface area (Å²) in [7, 11) is 0. The standard InChI is InChI=1S/C11H14FN/c1-7-5-9-6-10(12)3-4-11(9)8(2)13-7/h3-4,6-8,13H,5H2,1-2H3. The van der Waals surface area contributed by atoms with E-state index in [1.54, 1.807) is 6.07 Å². The van der Waals surface area contributed by atoms with Crippen molar-refractivity contribution in [2.75, 3.05) is 0 Å². The maximum Gasteiger partial charge on any atom is 0.123 e. The molecule has 1 aliphatic heterocycles. The van der Waals surface area contributed by atoms with Crippen LogP contribution in [-0.2, 0) is 6.42 Å². The number of rotatable bonds is 0. The number of hydrogen-bond donors (Lipinski definition) is 1. The Kier molecular flexibility index (Phi) is 2.08. The Morgan fingerprint density at radius 1 is 1.38 bits per heavy atom. The van der Waals surface area contributed by atoms with E-state index in [0.29, 0.717) is 12.1 Å². The Morgan fingerprint density at radius 2 is 2.15 bits per heavy atom. The summed E-state index contributed by atoms with van der Waals surface area (Å²) in [5, 5.41) is 3.43. The van der Waals surface area contributed by atoms with Gasteiger partial charge in [0.1, 0.15) is 5.82 Å². The maximum absolute atomic E-state index is 12.9. The smallest absolute Gasteiger partial charge is 0.123 e. The molecule has 1 heterocycles. The van der Waals surface area contributed by atoms with Crippen LogP contribution in [0.1, 0.15) is 31.0 Å². The van der Waals surface area contributed by atoms with Gasteiger partial charge in [0.2, 0.25) is 0 Å². The molecule has 1 aromatic carbocycles. The first kappa shape index (κ1) is 8.70. The zero-order valence-corrected chi connectivity index (χ0v) is 7.97. The minimum atomic E-state index is -0.125. The molecule has 0 saturated heterocycles. The predicted molar refractivity (Wildman–Crippen MR) is 51.1 cm³/mol. The minimum absolute atomic E-state index is 0.125. The molecule has 0 spiro atoms. The van der Waals surface area contributed by atoms with Crippen LogP contribution in [-0.4, -0.2) is 6.04 Å². The van der Waals surface area contributed by atoms with Gasteiger partial charge in [0.25, 0.3) is 0 Å². The topological polar surface area (TPSA) is 12.0 Å². The third-order valence-electron chi connectivity index (χ3n) is 2.63. The van der Waals surface area contributed by atoms with Crippen molar-refractivity contribution < 1.29 is 4.39 Å². The Bertz CT molecular complexity index is 322. The van der Waals surface area contributed by atoms with Gasteiger partial charge in [0.15, 0.2) is 0 Å². The summed E-state index contributed by atoms with van der Waals surface area (Å²) >= 11 is 0. The second-order valence-corrected chi connectivity index (χ2v) is 3.84. The number of nitrogens with one attached hydrogen (secondary N) is 1. The van der Waals surface area contributed by atoms with E-state index in [1.807, 2.05) is 6.07 Å². The van der Waals surface area contributed by atoms with Gasteiger partial charge < -0.3 is 5.32 Å². The second-order valence-electron chi connectivity index (χ2n) is 3.84. The summed E-state index contributed by atoms with van der Waals surface area (Å²) < 4.78 is 12.9. The molecule has 0 saturated carbocycles. The van der Waals surface area contributed by atoms with Crippen molar-refractivity contribution in [3.8, 4) is 0 Å². The molecule has 0 bridgehead atoms. The Morgan fingerprint density at radius 3 is 2.92 bits per heavy atom. The maximum atomic E-state index is 12.9. The fourth-order valence-electron chi connectivity index (χ4n) is 2.08. The van der Waals surface area contributed by atoms with Crippen LogP contribution in [0, 0.1) is 5.82 Å². The van der Waals surface area contributed by atoms with Gasteiger partial charge in [-0.3, -0.25) is 0 Å². The van der Waals surface area contributed by atoms with Crippen molar-refractivity contribution in [2.24, 2.45) is 0 Å². The van der Waals surface area contributed by atoms with Crippen LogP contribution in [0.2, 0.25) is 0 Å². The molecule has 2 rings (SSSR count). The molecule has 0 aliphatic carbocycles. The minimum Gasteiger partial charge on any atom is -0.307 e. The molecule has 2 unspecified atom stereocenters. The van der Waals surface area contributed by atoms with E-state index in [9.17, 15) is 4.39 Å². The number of fused-ring (bicyclic) bond motifs is 1. The van der Waals surface area contributed by atoms with E-state index < -0.39 is 0 Å². The molecule has 70 valence electrons. The Hall–Kier alpha value is -0.890. The van der Waals surface area contributed by atoms with Crippen LogP contribution >= 0.6 is 0 Å². The highest BCUT2D eigenvalue weighted by atomic mass is 19.1. The molecule has 13 heavy (non-hydrogen) atoms. The van der Waals surface area contributed by atoms with Gasteiger partial charge in [-0.15, -0.1) is 0 Å². The predicted octanol–water partition coefficient (Wildman–Crippen LogP) is 2.42. The lowest BCUT2D eigenvalue weighted by molar-refractivity contribution is 0.443. The van der Waals surface area contributed by atoms with E-state index in [0.717, 1.165) is 12.0 Å². The zero-order valence-electron chi connectivity index (χ0n) is 7.97. The van der Waals surface area contributed by atoms with Gasteiger partial charge >= 0.3 is 0 Å². The van der Waals surface area contributed by atoms with Crippen LogP contribution in [0.25, 0.3) is 0 Å². The van der Waals surface area contributed by atoms with Crippen LogP contribution in [0.3, 0.4) is 0 Å². The van der Waals surface area contributed by atoms with Crippen molar-refractivity contribution in [3.05, 3.63) is 35.1 Å². The van der Waals surface area contributed by atoms with Gasteiger partial charge in [0, 0.05) is 12.1 Å². The first-order valence-electron chi connectivity index (χ1n) is 4.71. The van der Waals surface area contributed by atoms with Crippen LogP contribution in [0.4, 0.5) is 4.39 Å². The quantitative estimate of drug-likeness (QED) is 0.645. The van der Waals surface area contributed by atoms with Gasteiger partial charge in [0.05, 0.1) is 0 Å². The molecule has 0 aromatic heterocycles. The highest BCUT2D eigenvalue weighted by Gasteiger charge is 2.20. The monoisotopic (exact) mass is 179 g/mol. The van der Waals surface area contributed by atoms with E-state index in [1.165, 1.54) is 11.6 Å². The normalized spacial score (nSPS) is 27.0. The van der Waals surface area contributed by atoms with Crippen molar-refractivity contribution in [3.63, 3.8) is 0 Å². The Balaban J connectivity index is 2.43. The van der Waals surface area contributed by atoms with Crippen molar-refractivity contribution >= 4 is 0 Å². The largest absolute Gasteiger partial charge is 0.307 e. The lowest BCUT2D eigenvalue weighted by Gasteiger charge is -2.28. The van der Waals surface area contributed by atoms with E-state index in [4.69, 9.17) is 0 Å². The molecule has 1 aliphatic rings. The summed E-state index contributed by atoms with van der Waals surface area (Å²) in [6.07, 6.45) is 0.928. The average molecular weight is 179 g/mol. The highest BCUT2D eigenvalue weighted by molar-refractivity contribution is 5.33. The van der Waals surface area contributed by atoms with E-state index in [2.05, 4.69) is 19.2 Å². The van der Waals surface area contributed by atoms with Gasteiger partial charge in [-0.05, 0) is 43.5 Å². The molecule has 0 amide bonds. The summed E-state index contributed by atoms with van der Waals surface area (Å²) in [4.78, 5) is 0. The average Bonchev–Trinajstić information content (AvgIpc) is 2.02. The fourth-order valence-corrected chi connectivity index (χ4v) is 2.08. The third-order valence-corrected chi connectivity index (χ3v) is 2.63. The summed E-state index contributed by atoms with van der Waals surface area (Å²) in [6, 6.07) is 5.87. The van der Waals surface area contributed by atoms with Crippen molar-refractivity contribution in [1.82, 2.24) is 5.32 Å². The third kappa shape index (κ3) is 1.59. The van der Waals surface area contributed by atoms with Crippen molar-refractivity contribution in [2.45, 2.75) is 32.4 Å². The first-order valence-corrected chi connectivity index (χ1v) is 4.71. The number of halogens is 1. The summed E-state index contributed by atoms with van der Waals surface area (Å²) in [6.45, 7) is 4.25. The second kappa shape index (κ2) is 3.11. The lowest BCUT2D eigenvalue weighted by atomic mass is 9.91. The van der Waals surface area contributed by atoms with Crippen molar-refractivity contribution in [1.29, 1.82) is 0 Å². The fraction of sp³-hybridized carbons (Fsp3) is 0.455. The van der Waals surface area contributed by atoms with Gasteiger partial charge in [-0.25, -0.2) is 4.39 Å². The number of hydrogen-bond acceptors (Lipinski definition) is 1. The van der Waals surface area contributed by atoms with Gasteiger partial charge in [-0.1, -0.05) is 6.07 Å².